The fourth-order valence-electron chi connectivity index (χ4n) is 0.885. The third kappa shape index (κ3) is 7.04. The quantitative estimate of drug-likeness (QED) is 0.389. The number of unbranched alkanes of at least 4 members (excludes halogenated alkanes) is 3. The van der Waals surface area contributed by atoms with Crippen LogP contribution in [0.5, 0.6) is 0 Å². The lowest BCUT2D eigenvalue weighted by molar-refractivity contribution is -0.116. The molecule has 12 heavy (non-hydrogen) atoms. The molecule has 72 valence electrons. The molecule has 0 fully saturated rings. The van der Waals surface area contributed by atoms with Gasteiger partial charge in [-0.3, -0.25) is 4.79 Å². The largest absolute Gasteiger partial charge is 0.278 e. The van der Waals surface area contributed by atoms with Crippen LogP contribution in [0.3, 0.4) is 0 Å². The Morgan fingerprint density at radius 1 is 1.33 bits per heavy atom. The molecule has 4 heteroatoms. The van der Waals surface area contributed by atoms with E-state index in [1.54, 1.807) is 0 Å². The fraction of sp³-hybridized carbons (Fsp3) is 0.875. The van der Waals surface area contributed by atoms with Crippen molar-refractivity contribution in [3.05, 3.63) is 0 Å². The zero-order valence-corrected chi connectivity index (χ0v) is 9.20. The van der Waals surface area contributed by atoms with Gasteiger partial charge in [0.15, 0.2) is 6.17 Å². The van der Waals surface area contributed by atoms with E-state index in [1.165, 1.54) is 0 Å². The monoisotopic (exact) mass is 258 g/mol. The number of alkyl halides is 2. The highest BCUT2D eigenvalue weighted by atomic mass is 79.9. The Labute approximate surface area is 85.8 Å². The van der Waals surface area contributed by atoms with Crippen LogP contribution in [0.2, 0.25) is 0 Å². The van der Waals surface area contributed by atoms with E-state index in [9.17, 15) is 9.18 Å². The van der Waals surface area contributed by atoms with Crippen LogP contribution >= 0.6 is 27.5 Å². The van der Waals surface area contributed by atoms with E-state index in [-0.39, 0.29) is 6.42 Å². The van der Waals surface area contributed by atoms with E-state index in [0.29, 0.717) is 0 Å². The van der Waals surface area contributed by atoms with Crippen LogP contribution in [0.25, 0.3) is 0 Å². The molecule has 0 aromatic heterocycles. The van der Waals surface area contributed by atoms with Crippen LogP contribution in [0.1, 0.15) is 32.1 Å². The number of carbonyl (C=O) groups excluding carboxylic acids is 1. The van der Waals surface area contributed by atoms with Crippen LogP contribution < -0.4 is 0 Å². The minimum absolute atomic E-state index is 0.268. The van der Waals surface area contributed by atoms with Crippen molar-refractivity contribution in [2.75, 3.05) is 5.33 Å². The van der Waals surface area contributed by atoms with Crippen molar-refractivity contribution in [2.24, 2.45) is 0 Å². The third-order valence-corrected chi connectivity index (χ3v) is 2.38. The first kappa shape index (κ1) is 12.4. The Balaban J connectivity index is 3.14. The molecule has 1 atom stereocenters. The van der Waals surface area contributed by atoms with Crippen LogP contribution in [-0.2, 0) is 4.79 Å². The minimum Gasteiger partial charge on any atom is -0.278 e. The zero-order chi connectivity index (χ0) is 9.40. The van der Waals surface area contributed by atoms with Crippen molar-refractivity contribution in [3.8, 4) is 0 Å². The summed E-state index contributed by atoms with van der Waals surface area (Å²) in [4.78, 5) is 10.2. The molecule has 0 N–H and O–H groups in total. The van der Waals surface area contributed by atoms with Gasteiger partial charge in [-0.1, -0.05) is 35.2 Å². The lowest BCUT2D eigenvalue weighted by Gasteiger charge is -2.01. The third-order valence-electron chi connectivity index (χ3n) is 1.59. The van der Waals surface area contributed by atoms with Crippen molar-refractivity contribution in [1.29, 1.82) is 0 Å². The number of hydrogen-bond acceptors (Lipinski definition) is 1. The Bertz CT molecular complexity index is 132. The molecule has 0 aromatic carbocycles. The van der Waals surface area contributed by atoms with Crippen LogP contribution in [0.4, 0.5) is 4.39 Å². The van der Waals surface area contributed by atoms with Crippen molar-refractivity contribution >= 4 is 32.8 Å². The number of carbonyl (C=O) groups is 1. The Morgan fingerprint density at radius 2 is 1.92 bits per heavy atom. The summed E-state index contributed by atoms with van der Waals surface area (Å²) >= 11 is 8.25. The van der Waals surface area contributed by atoms with Gasteiger partial charge in [0, 0.05) is 5.33 Å². The molecule has 1 nitrogen and oxygen atoms in total. The molecule has 0 amide bonds. The molecule has 0 rings (SSSR count). The second-order valence-corrected chi connectivity index (χ2v) is 3.83. The first-order valence-corrected chi connectivity index (χ1v) is 5.57. The summed E-state index contributed by atoms with van der Waals surface area (Å²) in [6, 6.07) is 0. The molecule has 1 unspecified atom stereocenters. The summed E-state index contributed by atoms with van der Waals surface area (Å²) in [6.45, 7) is 0. The first-order valence-electron chi connectivity index (χ1n) is 4.08. The summed E-state index contributed by atoms with van der Waals surface area (Å²) in [6.07, 6.45) is 2.70. The normalized spacial score (nSPS) is 12.9. The Kier molecular flexibility index (Phi) is 8.24. The second-order valence-electron chi connectivity index (χ2n) is 2.66. The van der Waals surface area contributed by atoms with E-state index in [2.05, 4.69) is 15.9 Å². The van der Waals surface area contributed by atoms with Crippen LogP contribution in [-0.4, -0.2) is 16.7 Å². The standard InChI is InChI=1S/C8H13BrClFO/c9-6-4-2-1-3-5-7(11)8(10)12/h7H,1-6H2. The molecule has 0 spiro atoms. The SMILES string of the molecule is O=C(Cl)C(F)CCCCCCBr. The average Bonchev–Trinajstić information content (AvgIpc) is 2.03. The number of halogens is 3. The highest BCUT2D eigenvalue weighted by molar-refractivity contribution is 9.09. The van der Waals surface area contributed by atoms with Gasteiger partial charge in [0.1, 0.15) is 0 Å². The highest BCUT2D eigenvalue weighted by Gasteiger charge is 2.12. The van der Waals surface area contributed by atoms with Crippen molar-refractivity contribution in [2.45, 2.75) is 38.3 Å². The molecular formula is C8H13BrClFO. The molecule has 0 aliphatic heterocycles. The second kappa shape index (κ2) is 7.99. The van der Waals surface area contributed by atoms with E-state index in [4.69, 9.17) is 11.6 Å². The molecule has 0 heterocycles. The maximum absolute atomic E-state index is 12.5. The molecule has 0 saturated carbocycles. The van der Waals surface area contributed by atoms with Gasteiger partial charge in [-0.05, 0) is 24.4 Å². The molecule has 0 aliphatic rings. The average molecular weight is 260 g/mol. The number of rotatable bonds is 7. The molecule has 0 saturated heterocycles. The van der Waals surface area contributed by atoms with Gasteiger partial charge in [0.05, 0.1) is 0 Å². The van der Waals surface area contributed by atoms with Crippen molar-refractivity contribution in [1.82, 2.24) is 0 Å². The van der Waals surface area contributed by atoms with Gasteiger partial charge in [0.2, 0.25) is 0 Å². The Morgan fingerprint density at radius 3 is 2.42 bits per heavy atom. The van der Waals surface area contributed by atoms with Gasteiger partial charge in [-0.15, -0.1) is 0 Å². The topological polar surface area (TPSA) is 17.1 Å². The van der Waals surface area contributed by atoms with Crippen LogP contribution in [0.15, 0.2) is 0 Å². The Hall–Kier alpha value is 0.370. The van der Waals surface area contributed by atoms with Gasteiger partial charge >= 0.3 is 0 Å². The van der Waals surface area contributed by atoms with E-state index >= 15 is 0 Å². The summed E-state index contributed by atoms with van der Waals surface area (Å²) in [5.74, 6) is 0. The van der Waals surface area contributed by atoms with Crippen molar-refractivity contribution in [3.63, 3.8) is 0 Å². The van der Waals surface area contributed by atoms with Gasteiger partial charge in [-0.25, -0.2) is 4.39 Å². The molecular weight excluding hydrogens is 246 g/mol. The highest BCUT2D eigenvalue weighted by Crippen LogP contribution is 2.10. The summed E-state index contributed by atoms with van der Waals surface area (Å²) < 4.78 is 12.5. The molecule has 0 aromatic rings. The summed E-state index contributed by atoms with van der Waals surface area (Å²) in [7, 11) is 0. The summed E-state index contributed by atoms with van der Waals surface area (Å²) in [5.41, 5.74) is 0. The minimum atomic E-state index is -1.46. The van der Waals surface area contributed by atoms with Gasteiger partial charge in [-0.2, -0.15) is 0 Å². The first-order chi connectivity index (χ1) is 5.68. The smallest absolute Gasteiger partial charge is 0.255 e. The van der Waals surface area contributed by atoms with Crippen LogP contribution in [0, 0.1) is 0 Å². The van der Waals surface area contributed by atoms with Crippen molar-refractivity contribution < 1.29 is 9.18 Å². The zero-order valence-electron chi connectivity index (χ0n) is 6.86. The van der Waals surface area contributed by atoms with Gasteiger partial charge < -0.3 is 0 Å². The van der Waals surface area contributed by atoms with Gasteiger partial charge in [0.25, 0.3) is 5.24 Å². The van der Waals surface area contributed by atoms with E-state index < -0.39 is 11.4 Å². The predicted molar refractivity (Wildman–Crippen MR) is 52.6 cm³/mol. The fourth-order valence-corrected chi connectivity index (χ4v) is 1.39. The van der Waals surface area contributed by atoms with E-state index in [0.717, 1.165) is 31.0 Å². The molecule has 0 aliphatic carbocycles. The number of hydrogen-bond donors (Lipinski definition) is 0. The maximum Gasteiger partial charge on any atom is 0.255 e. The maximum atomic E-state index is 12.5. The predicted octanol–water partition coefficient (Wildman–Crippen LogP) is 3.44. The molecule has 0 radical (unpaired) electrons. The summed E-state index contributed by atoms with van der Waals surface area (Å²) in [5, 5.41) is 0.121. The molecule has 0 bridgehead atoms. The lowest BCUT2D eigenvalue weighted by atomic mass is 10.1. The van der Waals surface area contributed by atoms with E-state index in [1.807, 2.05) is 0 Å². The lowest BCUT2D eigenvalue weighted by Crippen LogP contribution is -2.08.